The number of aromatic nitrogens is 6. The molecule has 6 heterocycles. The van der Waals surface area contributed by atoms with Crippen LogP contribution in [-0.4, -0.2) is 96.8 Å². The minimum absolute atomic E-state index is 0.228. The van der Waals surface area contributed by atoms with Crippen LogP contribution in [0.25, 0.3) is 44.3 Å². The second-order valence-electron chi connectivity index (χ2n) is 16.3. The molecule has 1 amide bonds. The van der Waals surface area contributed by atoms with Crippen molar-refractivity contribution in [1.82, 2.24) is 29.9 Å². The fraction of sp³-hybridized carbons (Fsp3) is 0.173. The number of fused-ring (bicyclic) bond motifs is 2. The summed E-state index contributed by atoms with van der Waals surface area (Å²) >= 11 is 0. The third-order valence-electron chi connectivity index (χ3n) is 11.4. The van der Waals surface area contributed by atoms with Crippen LogP contribution in [0.15, 0.2) is 158 Å². The third kappa shape index (κ3) is 11.5. The summed E-state index contributed by atoms with van der Waals surface area (Å²) in [7, 11) is -3.62. The first kappa shape index (κ1) is 46.8. The quantitative estimate of drug-likeness (QED) is 0.0798. The van der Waals surface area contributed by atoms with Gasteiger partial charge in [0.05, 0.1) is 54.5 Å². The molecule has 0 atom stereocenters. The van der Waals surface area contributed by atoms with Gasteiger partial charge in [-0.3, -0.25) is 19.5 Å². The van der Waals surface area contributed by atoms with Crippen LogP contribution in [0.5, 0.6) is 0 Å². The molecule has 0 bridgehead atoms. The zero-order chi connectivity index (χ0) is 48.5. The van der Waals surface area contributed by atoms with Gasteiger partial charge in [0, 0.05) is 112 Å². The molecule has 0 unspecified atom stereocenters. The van der Waals surface area contributed by atoms with Crippen LogP contribution in [0.1, 0.15) is 6.92 Å². The number of ether oxygens (including phenoxy) is 2. The van der Waals surface area contributed by atoms with E-state index in [1.165, 1.54) is 5.69 Å². The Kier molecular flexibility index (Phi) is 14.2. The Morgan fingerprint density at radius 3 is 1.53 bits per heavy atom. The molecule has 10 rings (SSSR count). The van der Waals surface area contributed by atoms with Crippen LogP contribution in [0.2, 0.25) is 0 Å². The van der Waals surface area contributed by atoms with Crippen molar-refractivity contribution in [3.05, 3.63) is 158 Å². The number of benzene rings is 4. The average Bonchev–Trinajstić information content (AvgIpc) is 3.39. The Morgan fingerprint density at radius 2 is 1.07 bits per heavy atom. The first-order chi connectivity index (χ1) is 34.1. The highest BCUT2D eigenvalue weighted by molar-refractivity contribution is 7.95. The van der Waals surface area contributed by atoms with Crippen molar-refractivity contribution in [3.63, 3.8) is 0 Å². The summed E-state index contributed by atoms with van der Waals surface area (Å²) in [6.07, 6.45) is 6.76. The minimum atomic E-state index is -3.62. The van der Waals surface area contributed by atoms with Crippen LogP contribution in [-0.2, 0) is 24.3 Å². The lowest BCUT2D eigenvalue weighted by molar-refractivity contribution is -0.112. The average molecular weight is 955 g/mol. The van der Waals surface area contributed by atoms with Crippen LogP contribution in [0, 0.1) is 0 Å². The number of hydrogen-bond acceptors (Lipinski definition) is 15. The molecule has 4 aromatic heterocycles. The Morgan fingerprint density at radius 1 is 0.614 bits per heavy atom. The summed E-state index contributed by atoms with van der Waals surface area (Å²) < 4.78 is 37.1. The first-order valence-electron chi connectivity index (χ1n) is 22.5. The lowest BCUT2D eigenvalue weighted by Crippen LogP contribution is -2.36. The van der Waals surface area contributed by atoms with Gasteiger partial charge in [0.1, 0.15) is 0 Å². The highest BCUT2D eigenvalue weighted by Gasteiger charge is 2.16. The molecule has 0 spiro atoms. The molecule has 2 fully saturated rings. The van der Waals surface area contributed by atoms with E-state index in [0.29, 0.717) is 45.7 Å². The molecule has 0 radical (unpaired) electrons. The van der Waals surface area contributed by atoms with E-state index in [9.17, 15) is 13.2 Å². The maximum Gasteiger partial charge on any atom is 0.254 e. The number of pyridine rings is 2. The van der Waals surface area contributed by atoms with Crippen LogP contribution >= 0.6 is 0 Å². The van der Waals surface area contributed by atoms with Gasteiger partial charge in [-0.05, 0) is 79.7 Å². The van der Waals surface area contributed by atoms with Gasteiger partial charge in [-0.2, -0.15) is 0 Å². The monoisotopic (exact) mass is 954 g/mol. The van der Waals surface area contributed by atoms with Crippen molar-refractivity contribution in [3.8, 4) is 22.5 Å². The number of morpholine rings is 2. The van der Waals surface area contributed by atoms with E-state index in [0.717, 1.165) is 102 Å². The van der Waals surface area contributed by atoms with Crippen molar-refractivity contribution in [2.75, 3.05) is 83.1 Å². The van der Waals surface area contributed by atoms with Gasteiger partial charge >= 0.3 is 0 Å². The van der Waals surface area contributed by atoms with Crippen molar-refractivity contribution in [2.45, 2.75) is 6.92 Å². The Balaban J connectivity index is 0.000000174. The normalized spacial score (nSPS) is 13.7. The lowest BCUT2D eigenvalue weighted by Gasteiger charge is -2.28. The molecule has 2 aliphatic rings. The second-order valence-corrected chi connectivity index (χ2v) is 18.0. The summed E-state index contributed by atoms with van der Waals surface area (Å²) in [6, 6.07) is 34.8. The van der Waals surface area contributed by atoms with Crippen LogP contribution in [0.3, 0.4) is 0 Å². The molecule has 0 aliphatic carbocycles. The molecule has 8 aromatic rings. The highest BCUT2D eigenvalue weighted by Crippen LogP contribution is 2.31. The van der Waals surface area contributed by atoms with Crippen LogP contribution < -0.4 is 30.5 Å². The van der Waals surface area contributed by atoms with Crippen LogP contribution in [0.4, 0.5) is 46.0 Å². The lowest BCUT2D eigenvalue weighted by atomic mass is 10.1. The molecule has 2 aliphatic heterocycles. The van der Waals surface area contributed by atoms with Crippen molar-refractivity contribution < 1.29 is 22.7 Å². The summed E-state index contributed by atoms with van der Waals surface area (Å²) in [4.78, 5) is 44.0. The summed E-state index contributed by atoms with van der Waals surface area (Å²) in [6.45, 7) is 15.2. The topological polar surface area (TPSA) is 202 Å². The number of nitrogens with zero attached hydrogens (tertiary/aromatic N) is 8. The second kappa shape index (κ2) is 21.3. The molecule has 2 saturated heterocycles. The number of anilines is 8. The number of carbonyl (C=O) groups excluding carboxylic acids is 1. The largest absolute Gasteiger partial charge is 0.378 e. The molecule has 18 heteroatoms. The minimum Gasteiger partial charge on any atom is -0.378 e. The fourth-order valence-electron chi connectivity index (χ4n) is 7.80. The van der Waals surface area contributed by atoms with Gasteiger partial charge in [-0.25, -0.2) is 28.4 Å². The maximum atomic E-state index is 12.0. The molecule has 4 aromatic carbocycles. The predicted octanol–water partition coefficient (Wildman–Crippen LogP) is 8.94. The van der Waals surface area contributed by atoms with E-state index in [1.807, 2.05) is 66.7 Å². The summed E-state index contributed by atoms with van der Waals surface area (Å²) in [5.74, 6) is 0.719. The van der Waals surface area contributed by atoms with E-state index in [-0.39, 0.29) is 5.91 Å². The van der Waals surface area contributed by atoms with Gasteiger partial charge < -0.3 is 35.2 Å². The SMILES string of the molecule is C=C(C)C(=O)Nc1ccnc(-c2cccc3cnc(Nc4ccc(N5CCOCC5)cc4)nc23)c1.C=CS(=O)(=O)Nc1ccnc(-c2cccc3cnc(Nc4ccc(N5CCOCC5)cc4)nc23)c1. The highest BCUT2D eigenvalue weighted by atomic mass is 32.2. The van der Waals surface area contributed by atoms with E-state index >= 15 is 0 Å². The number of para-hydroxylation sites is 2. The van der Waals surface area contributed by atoms with Gasteiger partial charge in [-0.1, -0.05) is 49.6 Å². The number of carbonyl (C=O) groups is 1. The number of sulfonamides is 1. The molecule has 70 heavy (non-hydrogen) atoms. The molecular weight excluding hydrogens is 905 g/mol. The van der Waals surface area contributed by atoms with Gasteiger partial charge in [0.25, 0.3) is 15.9 Å². The van der Waals surface area contributed by atoms with Gasteiger partial charge in [0.2, 0.25) is 11.9 Å². The predicted molar refractivity (Wildman–Crippen MR) is 277 cm³/mol. The molecule has 354 valence electrons. The Bertz CT molecular complexity index is 3290. The summed E-state index contributed by atoms with van der Waals surface area (Å²) in [5, 5.41) is 12.0. The standard InChI is InChI=1S/C27H26N6O2.C25H24N6O3S/c1-18(2)26(34)30-21-10-11-28-24(16-21)23-5-3-4-19-17-29-27(32-25(19)23)31-20-6-8-22(9-7-20)33-12-14-35-15-13-33;1-2-35(32,33)30-20-10-11-26-23(16-20)22-5-3-4-18-17-27-25(29-24(18)22)28-19-6-8-21(9-7-19)31-12-14-34-15-13-31/h3-11,16-17H,1,12-15H2,2H3,(H,28,30,34)(H,29,31,32);2-11,16-17H,1,12-15H2,(H,26,30)(H,27,28,29). The molecular formula is C52H50N12O5S. The molecule has 0 saturated carbocycles. The Hall–Kier alpha value is -8.32. The number of nitrogens with one attached hydrogen (secondary N) is 4. The van der Waals surface area contributed by atoms with Crippen molar-refractivity contribution in [1.29, 1.82) is 0 Å². The number of hydrogen-bond donors (Lipinski definition) is 4. The van der Waals surface area contributed by atoms with E-state index in [1.54, 1.807) is 49.9 Å². The van der Waals surface area contributed by atoms with Gasteiger partial charge in [0.15, 0.2) is 0 Å². The summed E-state index contributed by atoms with van der Waals surface area (Å²) in [5.41, 5.74) is 9.94. The zero-order valence-corrected chi connectivity index (χ0v) is 39.2. The maximum absolute atomic E-state index is 12.0. The zero-order valence-electron chi connectivity index (χ0n) is 38.4. The van der Waals surface area contributed by atoms with Gasteiger partial charge in [-0.15, -0.1) is 0 Å². The van der Waals surface area contributed by atoms with E-state index in [2.05, 4.69) is 87.8 Å². The molecule has 4 N–H and O–H groups in total. The Labute approximate surface area is 405 Å². The molecule has 17 nitrogen and oxygen atoms in total. The smallest absolute Gasteiger partial charge is 0.254 e. The third-order valence-corrected chi connectivity index (χ3v) is 12.4. The van der Waals surface area contributed by atoms with Crippen molar-refractivity contribution >= 4 is 83.8 Å². The fourth-order valence-corrected chi connectivity index (χ4v) is 8.34. The van der Waals surface area contributed by atoms with E-state index in [4.69, 9.17) is 19.4 Å². The first-order valence-corrected chi connectivity index (χ1v) is 24.1. The number of rotatable bonds is 13. The number of amides is 1. The van der Waals surface area contributed by atoms with E-state index < -0.39 is 10.0 Å². The van der Waals surface area contributed by atoms with Crippen molar-refractivity contribution in [2.24, 2.45) is 0 Å².